The first-order chi connectivity index (χ1) is 7.68. The fourth-order valence-electron chi connectivity index (χ4n) is 1.77. The Morgan fingerprint density at radius 2 is 2.06 bits per heavy atom. The summed E-state index contributed by atoms with van der Waals surface area (Å²) in [5, 5.41) is 0. The van der Waals surface area contributed by atoms with Gasteiger partial charge in [0, 0.05) is 6.54 Å². The third kappa shape index (κ3) is 2.17. The lowest BCUT2D eigenvalue weighted by Crippen LogP contribution is -2.19. The molecular formula is C12H16N2O2. The van der Waals surface area contributed by atoms with E-state index in [2.05, 4.69) is 4.90 Å². The zero-order valence-corrected chi connectivity index (χ0v) is 9.64. The number of aryl methyl sites for hydroxylation is 1. The molecule has 4 heteroatoms. The van der Waals surface area contributed by atoms with Gasteiger partial charge in [0.1, 0.15) is 0 Å². The van der Waals surface area contributed by atoms with Crippen LogP contribution in [0.4, 0.5) is 0 Å². The standard InChI is InChI=1S/C12H16N2O2/c1-13(2)8-5-9-14-10-6-3-4-7-11(10)16-12(14)15/h3-4,6-7H,5,8-9H2,1-2H3. The average Bonchev–Trinajstić information content (AvgIpc) is 2.55. The van der Waals surface area contributed by atoms with Crippen LogP contribution in [0.3, 0.4) is 0 Å². The molecule has 0 aliphatic heterocycles. The first-order valence-electron chi connectivity index (χ1n) is 5.41. The van der Waals surface area contributed by atoms with Crippen molar-refractivity contribution >= 4 is 11.1 Å². The Morgan fingerprint density at radius 1 is 1.31 bits per heavy atom. The number of nitrogens with zero attached hydrogens (tertiary/aromatic N) is 2. The lowest BCUT2D eigenvalue weighted by atomic mass is 10.3. The van der Waals surface area contributed by atoms with Gasteiger partial charge in [-0.25, -0.2) is 4.79 Å². The molecule has 2 rings (SSSR count). The smallest absolute Gasteiger partial charge is 0.408 e. The Hall–Kier alpha value is -1.55. The maximum atomic E-state index is 11.6. The molecule has 1 aromatic heterocycles. The van der Waals surface area contributed by atoms with Crippen LogP contribution < -0.4 is 5.76 Å². The fourth-order valence-corrected chi connectivity index (χ4v) is 1.77. The lowest BCUT2D eigenvalue weighted by molar-refractivity contribution is 0.381. The van der Waals surface area contributed by atoms with Gasteiger partial charge in [0.05, 0.1) is 5.52 Å². The van der Waals surface area contributed by atoms with E-state index >= 15 is 0 Å². The maximum Gasteiger partial charge on any atom is 0.419 e. The minimum atomic E-state index is -0.264. The molecule has 0 aliphatic rings. The zero-order chi connectivity index (χ0) is 11.5. The third-order valence-corrected chi connectivity index (χ3v) is 2.56. The van der Waals surface area contributed by atoms with E-state index in [0.29, 0.717) is 12.1 Å². The Labute approximate surface area is 94.1 Å². The van der Waals surface area contributed by atoms with E-state index in [1.54, 1.807) is 4.57 Å². The third-order valence-electron chi connectivity index (χ3n) is 2.56. The van der Waals surface area contributed by atoms with Crippen LogP contribution in [0.15, 0.2) is 33.5 Å². The minimum absolute atomic E-state index is 0.264. The molecule has 1 heterocycles. The van der Waals surface area contributed by atoms with E-state index in [1.165, 1.54) is 0 Å². The van der Waals surface area contributed by atoms with Crippen LogP contribution in [-0.2, 0) is 6.54 Å². The van der Waals surface area contributed by atoms with Crippen LogP contribution in [0.1, 0.15) is 6.42 Å². The summed E-state index contributed by atoms with van der Waals surface area (Å²) >= 11 is 0. The number of oxazole rings is 1. The SMILES string of the molecule is CN(C)CCCn1c(=O)oc2ccccc21. The van der Waals surface area contributed by atoms with E-state index in [-0.39, 0.29) is 5.76 Å². The highest BCUT2D eigenvalue weighted by Gasteiger charge is 2.07. The molecule has 0 atom stereocenters. The highest BCUT2D eigenvalue weighted by Crippen LogP contribution is 2.11. The zero-order valence-electron chi connectivity index (χ0n) is 9.64. The van der Waals surface area contributed by atoms with Crippen LogP contribution in [0.2, 0.25) is 0 Å². The van der Waals surface area contributed by atoms with Crippen LogP contribution >= 0.6 is 0 Å². The summed E-state index contributed by atoms with van der Waals surface area (Å²) in [5.41, 5.74) is 1.55. The molecule has 0 fully saturated rings. The van der Waals surface area contributed by atoms with E-state index in [0.717, 1.165) is 18.5 Å². The van der Waals surface area contributed by atoms with E-state index in [1.807, 2.05) is 38.4 Å². The Bertz CT molecular complexity index is 525. The summed E-state index contributed by atoms with van der Waals surface area (Å²) in [5.74, 6) is -0.264. The molecule has 16 heavy (non-hydrogen) atoms. The molecule has 0 unspecified atom stereocenters. The number of hydrogen-bond donors (Lipinski definition) is 0. The van der Waals surface area contributed by atoms with Gasteiger partial charge in [-0.1, -0.05) is 12.1 Å². The van der Waals surface area contributed by atoms with Gasteiger partial charge in [-0.15, -0.1) is 0 Å². The van der Waals surface area contributed by atoms with Crippen LogP contribution in [0.5, 0.6) is 0 Å². The molecule has 0 saturated carbocycles. The van der Waals surface area contributed by atoms with Gasteiger partial charge in [0.2, 0.25) is 0 Å². The van der Waals surface area contributed by atoms with Crippen LogP contribution in [-0.4, -0.2) is 30.1 Å². The summed E-state index contributed by atoms with van der Waals surface area (Å²) < 4.78 is 6.84. The molecule has 0 bridgehead atoms. The van der Waals surface area contributed by atoms with Crippen molar-refractivity contribution in [2.24, 2.45) is 0 Å². The number of aromatic nitrogens is 1. The van der Waals surface area contributed by atoms with E-state index < -0.39 is 0 Å². The van der Waals surface area contributed by atoms with Gasteiger partial charge in [0.25, 0.3) is 0 Å². The molecule has 4 nitrogen and oxygen atoms in total. The van der Waals surface area contributed by atoms with Gasteiger partial charge in [-0.3, -0.25) is 4.57 Å². The van der Waals surface area contributed by atoms with Gasteiger partial charge in [-0.2, -0.15) is 0 Å². The summed E-state index contributed by atoms with van der Waals surface area (Å²) in [6.07, 6.45) is 0.941. The number of hydrogen-bond acceptors (Lipinski definition) is 3. The quantitative estimate of drug-likeness (QED) is 0.784. The molecule has 0 amide bonds. The second-order valence-electron chi connectivity index (χ2n) is 4.14. The summed E-state index contributed by atoms with van der Waals surface area (Å²) in [4.78, 5) is 13.7. The van der Waals surface area contributed by atoms with Crippen molar-refractivity contribution in [1.29, 1.82) is 0 Å². The predicted molar refractivity (Wildman–Crippen MR) is 63.6 cm³/mol. The molecule has 1 aromatic carbocycles. The Morgan fingerprint density at radius 3 is 2.81 bits per heavy atom. The summed E-state index contributed by atoms with van der Waals surface area (Å²) in [7, 11) is 4.05. The van der Waals surface area contributed by atoms with E-state index in [9.17, 15) is 4.79 Å². The number of para-hydroxylation sites is 2. The van der Waals surface area contributed by atoms with Crippen molar-refractivity contribution in [2.75, 3.05) is 20.6 Å². The van der Waals surface area contributed by atoms with Crippen molar-refractivity contribution in [1.82, 2.24) is 9.47 Å². The summed E-state index contributed by atoms with van der Waals surface area (Å²) in [6.45, 7) is 1.67. The van der Waals surface area contributed by atoms with Crippen LogP contribution in [0.25, 0.3) is 11.1 Å². The number of rotatable bonds is 4. The van der Waals surface area contributed by atoms with Crippen molar-refractivity contribution in [3.8, 4) is 0 Å². The highest BCUT2D eigenvalue weighted by atomic mass is 16.4. The van der Waals surface area contributed by atoms with Crippen molar-refractivity contribution in [3.63, 3.8) is 0 Å². The molecule has 0 radical (unpaired) electrons. The largest absolute Gasteiger partial charge is 0.419 e. The number of benzene rings is 1. The van der Waals surface area contributed by atoms with Gasteiger partial charge in [-0.05, 0) is 39.2 Å². The van der Waals surface area contributed by atoms with Gasteiger partial charge < -0.3 is 9.32 Å². The maximum absolute atomic E-state index is 11.6. The second kappa shape index (κ2) is 4.53. The van der Waals surface area contributed by atoms with Gasteiger partial charge in [0.15, 0.2) is 5.58 Å². The predicted octanol–water partition coefficient (Wildman–Crippen LogP) is 1.55. The van der Waals surface area contributed by atoms with Crippen molar-refractivity contribution in [2.45, 2.75) is 13.0 Å². The normalized spacial score (nSPS) is 11.4. The van der Waals surface area contributed by atoms with Crippen LogP contribution in [0, 0.1) is 0 Å². The molecule has 0 saturated heterocycles. The molecule has 86 valence electrons. The topological polar surface area (TPSA) is 38.4 Å². The molecule has 0 aliphatic carbocycles. The van der Waals surface area contributed by atoms with Crippen molar-refractivity contribution in [3.05, 3.63) is 34.8 Å². The Balaban J connectivity index is 2.23. The molecule has 0 N–H and O–H groups in total. The van der Waals surface area contributed by atoms with E-state index in [4.69, 9.17) is 4.42 Å². The molecular weight excluding hydrogens is 204 g/mol. The highest BCUT2D eigenvalue weighted by molar-refractivity contribution is 5.72. The number of fused-ring (bicyclic) bond motifs is 1. The van der Waals surface area contributed by atoms with Gasteiger partial charge >= 0.3 is 5.76 Å². The second-order valence-corrected chi connectivity index (χ2v) is 4.14. The lowest BCUT2D eigenvalue weighted by Gasteiger charge is -2.08. The average molecular weight is 220 g/mol. The van der Waals surface area contributed by atoms with Crippen molar-refractivity contribution < 1.29 is 4.42 Å². The summed E-state index contributed by atoms with van der Waals surface area (Å²) in [6, 6.07) is 7.52. The molecule has 2 aromatic rings. The Kier molecular flexibility index (Phi) is 3.10. The first-order valence-corrected chi connectivity index (χ1v) is 5.41. The molecule has 0 spiro atoms. The fraction of sp³-hybridized carbons (Fsp3) is 0.417. The minimum Gasteiger partial charge on any atom is -0.408 e. The first kappa shape index (κ1) is 11.0. The monoisotopic (exact) mass is 220 g/mol.